The number of nitrogens with zero attached hydrogens (tertiary/aromatic N) is 1. The Labute approximate surface area is 115 Å². The molecule has 6 heteroatoms. The SMILES string of the molecule is COc1ccc(C=O)c(Nc2ccc([N+](=O)[O-])cc2)c1. The molecule has 0 fully saturated rings. The minimum atomic E-state index is -0.466. The number of nitro benzene ring substituents is 1. The van der Waals surface area contributed by atoms with Crippen LogP contribution in [0.5, 0.6) is 5.75 Å². The summed E-state index contributed by atoms with van der Waals surface area (Å²) < 4.78 is 5.10. The third kappa shape index (κ3) is 2.92. The number of benzene rings is 2. The number of anilines is 2. The van der Waals surface area contributed by atoms with Crippen molar-refractivity contribution in [1.29, 1.82) is 0 Å². The molecule has 6 nitrogen and oxygen atoms in total. The molecule has 0 aromatic heterocycles. The number of carbonyl (C=O) groups is 1. The average Bonchev–Trinajstić information content (AvgIpc) is 2.47. The van der Waals surface area contributed by atoms with Crippen molar-refractivity contribution in [2.75, 3.05) is 12.4 Å². The van der Waals surface area contributed by atoms with Crippen molar-refractivity contribution in [3.63, 3.8) is 0 Å². The number of carbonyl (C=O) groups excluding carboxylic acids is 1. The van der Waals surface area contributed by atoms with E-state index in [1.54, 1.807) is 30.3 Å². The first-order chi connectivity index (χ1) is 9.63. The van der Waals surface area contributed by atoms with Gasteiger partial charge in [-0.1, -0.05) is 0 Å². The maximum Gasteiger partial charge on any atom is 0.269 e. The largest absolute Gasteiger partial charge is 0.497 e. The van der Waals surface area contributed by atoms with Crippen molar-refractivity contribution in [3.05, 3.63) is 58.1 Å². The molecule has 0 atom stereocenters. The van der Waals surface area contributed by atoms with Crippen LogP contribution in [0, 0.1) is 10.1 Å². The lowest BCUT2D eigenvalue weighted by molar-refractivity contribution is -0.384. The standard InChI is InChI=1S/C14H12N2O4/c1-20-13-7-2-10(9-17)14(8-13)15-11-3-5-12(6-4-11)16(18)19/h2-9,15H,1H3. The van der Waals surface area contributed by atoms with Crippen molar-refractivity contribution < 1.29 is 14.5 Å². The monoisotopic (exact) mass is 272 g/mol. The Balaban J connectivity index is 2.28. The summed E-state index contributed by atoms with van der Waals surface area (Å²) in [6.45, 7) is 0. The van der Waals surface area contributed by atoms with Gasteiger partial charge in [0.1, 0.15) is 5.75 Å². The summed E-state index contributed by atoms with van der Waals surface area (Å²) in [5.74, 6) is 0.611. The molecule has 0 saturated heterocycles. The number of methoxy groups -OCH3 is 1. The molecule has 2 aromatic rings. The maximum atomic E-state index is 11.0. The molecule has 0 spiro atoms. The summed E-state index contributed by atoms with van der Waals surface area (Å²) in [4.78, 5) is 21.1. The second-order valence-electron chi connectivity index (χ2n) is 4.00. The third-order valence-electron chi connectivity index (χ3n) is 2.74. The number of hydrogen-bond donors (Lipinski definition) is 1. The van der Waals surface area contributed by atoms with Crippen LogP contribution in [-0.4, -0.2) is 18.3 Å². The fourth-order valence-electron chi connectivity index (χ4n) is 1.70. The molecular weight excluding hydrogens is 260 g/mol. The van der Waals surface area contributed by atoms with E-state index >= 15 is 0 Å². The van der Waals surface area contributed by atoms with Crippen LogP contribution in [0.1, 0.15) is 10.4 Å². The molecule has 0 aliphatic heterocycles. The fraction of sp³-hybridized carbons (Fsp3) is 0.0714. The Morgan fingerprint density at radius 3 is 2.45 bits per heavy atom. The summed E-state index contributed by atoms with van der Waals surface area (Å²) in [5.41, 5.74) is 1.71. The molecule has 20 heavy (non-hydrogen) atoms. The van der Waals surface area contributed by atoms with Gasteiger partial charge in [-0.15, -0.1) is 0 Å². The van der Waals surface area contributed by atoms with Gasteiger partial charge in [0.05, 0.1) is 17.7 Å². The average molecular weight is 272 g/mol. The normalized spacial score (nSPS) is 9.85. The van der Waals surface area contributed by atoms with E-state index < -0.39 is 4.92 Å². The van der Waals surface area contributed by atoms with E-state index in [-0.39, 0.29) is 5.69 Å². The molecule has 0 heterocycles. The van der Waals surface area contributed by atoms with Crippen LogP contribution in [-0.2, 0) is 0 Å². The number of rotatable bonds is 5. The number of nitro groups is 1. The van der Waals surface area contributed by atoms with Crippen LogP contribution in [0.3, 0.4) is 0 Å². The molecule has 0 unspecified atom stereocenters. The zero-order valence-corrected chi connectivity index (χ0v) is 10.7. The van der Waals surface area contributed by atoms with Gasteiger partial charge in [0.25, 0.3) is 5.69 Å². The summed E-state index contributed by atoms with van der Waals surface area (Å²) >= 11 is 0. The Bertz CT molecular complexity index is 638. The minimum Gasteiger partial charge on any atom is -0.497 e. The van der Waals surface area contributed by atoms with Gasteiger partial charge in [0.2, 0.25) is 0 Å². The van der Waals surface area contributed by atoms with Crippen LogP contribution < -0.4 is 10.1 Å². The Hall–Kier alpha value is -2.89. The van der Waals surface area contributed by atoms with Gasteiger partial charge in [-0.3, -0.25) is 14.9 Å². The van der Waals surface area contributed by atoms with Crippen LogP contribution >= 0.6 is 0 Å². The Morgan fingerprint density at radius 2 is 1.90 bits per heavy atom. The molecule has 0 aliphatic carbocycles. The summed E-state index contributed by atoms with van der Waals surface area (Å²) in [6, 6.07) is 10.9. The third-order valence-corrected chi connectivity index (χ3v) is 2.74. The topological polar surface area (TPSA) is 81.5 Å². The lowest BCUT2D eigenvalue weighted by atomic mass is 10.1. The predicted molar refractivity (Wildman–Crippen MR) is 74.8 cm³/mol. The van der Waals surface area contributed by atoms with Crippen molar-refractivity contribution in [2.45, 2.75) is 0 Å². The highest BCUT2D eigenvalue weighted by molar-refractivity contribution is 5.86. The van der Waals surface area contributed by atoms with Crippen LogP contribution in [0.4, 0.5) is 17.1 Å². The van der Waals surface area contributed by atoms with E-state index in [0.29, 0.717) is 22.7 Å². The second-order valence-corrected chi connectivity index (χ2v) is 4.00. The predicted octanol–water partition coefficient (Wildman–Crippen LogP) is 3.16. The van der Waals surface area contributed by atoms with Gasteiger partial charge < -0.3 is 10.1 Å². The van der Waals surface area contributed by atoms with Gasteiger partial charge in [-0.25, -0.2) is 0 Å². The number of hydrogen-bond acceptors (Lipinski definition) is 5. The summed E-state index contributed by atoms with van der Waals surface area (Å²) in [7, 11) is 1.53. The lowest BCUT2D eigenvalue weighted by Crippen LogP contribution is -1.97. The van der Waals surface area contributed by atoms with Crippen molar-refractivity contribution >= 4 is 23.3 Å². The number of nitrogens with one attached hydrogen (secondary N) is 1. The first kappa shape index (κ1) is 13.5. The van der Waals surface area contributed by atoms with E-state index in [1.165, 1.54) is 19.2 Å². The van der Waals surface area contributed by atoms with Crippen molar-refractivity contribution in [2.24, 2.45) is 0 Å². The first-order valence-corrected chi connectivity index (χ1v) is 5.78. The fourth-order valence-corrected chi connectivity index (χ4v) is 1.70. The smallest absolute Gasteiger partial charge is 0.269 e. The van der Waals surface area contributed by atoms with Gasteiger partial charge in [0, 0.05) is 29.4 Å². The number of aldehydes is 1. The quantitative estimate of drug-likeness (QED) is 0.513. The Kier molecular flexibility index (Phi) is 3.95. The molecule has 0 saturated carbocycles. The van der Waals surface area contributed by atoms with Gasteiger partial charge in [-0.05, 0) is 24.3 Å². The number of ether oxygens (including phenoxy) is 1. The molecule has 0 aliphatic rings. The molecular formula is C14H12N2O4. The maximum absolute atomic E-state index is 11.0. The highest BCUT2D eigenvalue weighted by atomic mass is 16.6. The summed E-state index contributed by atoms with van der Waals surface area (Å²) in [5, 5.41) is 13.6. The first-order valence-electron chi connectivity index (χ1n) is 5.78. The molecule has 2 aromatic carbocycles. The molecule has 0 amide bonds. The van der Waals surface area contributed by atoms with Crippen LogP contribution in [0.2, 0.25) is 0 Å². The molecule has 1 N–H and O–H groups in total. The zero-order valence-electron chi connectivity index (χ0n) is 10.7. The van der Waals surface area contributed by atoms with E-state index in [1.807, 2.05) is 0 Å². The lowest BCUT2D eigenvalue weighted by Gasteiger charge is -2.10. The van der Waals surface area contributed by atoms with Crippen molar-refractivity contribution in [1.82, 2.24) is 0 Å². The van der Waals surface area contributed by atoms with E-state index in [0.717, 1.165) is 6.29 Å². The van der Waals surface area contributed by atoms with Crippen LogP contribution in [0.25, 0.3) is 0 Å². The van der Waals surface area contributed by atoms with Crippen molar-refractivity contribution in [3.8, 4) is 5.75 Å². The van der Waals surface area contributed by atoms with E-state index in [4.69, 9.17) is 4.74 Å². The van der Waals surface area contributed by atoms with Crippen LogP contribution in [0.15, 0.2) is 42.5 Å². The van der Waals surface area contributed by atoms with E-state index in [9.17, 15) is 14.9 Å². The highest BCUT2D eigenvalue weighted by Crippen LogP contribution is 2.26. The van der Waals surface area contributed by atoms with E-state index in [2.05, 4.69) is 5.32 Å². The Morgan fingerprint density at radius 1 is 1.20 bits per heavy atom. The second kappa shape index (κ2) is 5.83. The minimum absolute atomic E-state index is 0.0109. The highest BCUT2D eigenvalue weighted by Gasteiger charge is 2.07. The summed E-state index contributed by atoms with van der Waals surface area (Å²) in [6.07, 6.45) is 0.729. The molecule has 0 radical (unpaired) electrons. The molecule has 102 valence electrons. The van der Waals surface area contributed by atoms with Gasteiger partial charge in [0.15, 0.2) is 6.29 Å². The van der Waals surface area contributed by atoms with Gasteiger partial charge >= 0.3 is 0 Å². The molecule has 0 bridgehead atoms. The number of non-ortho nitro benzene ring substituents is 1. The van der Waals surface area contributed by atoms with Gasteiger partial charge in [-0.2, -0.15) is 0 Å². The zero-order chi connectivity index (χ0) is 14.5. The molecule has 2 rings (SSSR count).